The number of nitrogens with one attached hydrogen (secondary N) is 2. The fraction of sp³-hybridized carbons (Fsp3) is 0.273. The third-order valence-corrected chi connectivity index (χ3v) is 5.42. The number of aromatic amines is 1. The second-order valence-corrected chi connectivity index (χ2v) is 7.66. The first-order valence-corrected chi connectivity index (χ1v) is 9.84. The second-order valence-electron chi connectivity index (χ2n) is 7.66. The predicted octanol–water partition coefficient (Wildman–Crippen LogP) is 3.05. The Labute approximate surface area is 169 Å². The first-order valence-electron chi connectivity index (χ1n) is 9.84. The van der Waals surface area contributed by atoms with Crippen molar-refractivity contribution in [3.8, 4) is 22.6 Å². The molecule has 4 aromatic heterocycles. The van der Waals surface area contributed by atoms with E-state index < -0.39 is 0 Å². The van der Waals surface area contributed by atoms with E-state index in [-0.39, 0.29) is 0 Å². The predicted molar refractivity (Wildman–Crippen MR) is 115 cm³/mol. The molecule has 5 heterocycles. The monoisotopic (exact) mass is 385 g/mol. The summed E-state index contributed by atoms with van der Waals surface area (Å²) in [6.07, 6.45) is 3.73. The zero-order chi connectivity index (χ0) is 19.8. The van der Waals surface area contributed by atoms with Gasteiger partial charge in [-0.25, -0.2) is 4.98 Å². The molecule has 146 valence electrons. The summed E-state index contributed by atoms with van der Waals surface area (Å²) in [6, 6.07) is 12.1. The van der Waals surface area contributed by atoms with Crippen molar-refractivity contribution in [2.45, 2.75) is 6.92 Å². The lowest BCUT2D eigenvalue weighted by Gasteiger charge is -2.32. The van der Waals surface area contributed by atoms with Crippen LogP contribution in [-0.2, 0) is 0 Å². The van der Waals surface area contributed by atoms with Crippen molar-refractivity contribution >= 4 is 16.7 Å². The summed E-state index contributed by atoms with van der Waals surface area (Å²) in [5.41, 5.74) is 7.34. The van der Waals surface area contributed by atoms with Crippen molar-refractivity contribution in [1.29, 1.82) is 0 Å². The van der Waals surface area contributed by atoms with E-state index in [0.29, 0.717) is 5.92 Å². The van der Waals surface area contributed by atoms with E-state index in [0.717, 1.165) is 64.7 Å². The fourth-order valence-electron chi connectivity index (χ4n) is 3.68. The smallest absolute Gasteiger partial charge is 0.0928 e. The molecule has 7 heteroatoms. The SMILES string of the molecule is Cc1cccc(-c2[nH]ncc2-c2ccc3ncc(N(C)CC4CNC4)cc3n2)n1. The number of hydrogen-bond acceptors (Lipinski definition) is 6. The molecule has 1 fully saturated rings. The Morgan fingerprint density at radius 2 is 1.93 bits per heavy atom. The van der Waals surface area contributed by atoms with Gasteiger partial charge in [0.25, 0.3) is 0 Å². The maximum atomic E-state index is 4.89. The standard InChI is InChI=1S/C22H23N7/c1-14-4-3-5-20(26-14)22-17(12-25-28-22)18-6-7-19-21(27-18)8-16(11-24-19)29(2)13-15-9-23-10-15/h3-8,11-12,15,23H,9-10,13H2,1-2H3,(H,25,28). The molecule has 0 aromatic carbocycles. The number of fused-ring (bicyclic) bond motifs is 1. The second kappa shape index (κ2) is 7.25. The molecule has 1 aliphatic heterocycles. The van der Waals surface area contributed by atoms with E-state index in [9.17, 15) is 0 Å². The topological polar surface area (TPSA) is 82.6 Å². The van der Waals surface area contributed by atoms with Crippen LogP contribution in [-0.4, -0.2) is 51.8 Å². The molecule has 0 unspecified atom stereocenters. The van der Waals surface area contributed by atoms with Gasteiger partial charge in [0.15, 0.2) is 0 Å². The number of pyridine rings is 3. The minimum Gasteiger partial charge on any atom is -0.373 e. The number of H-pyrrole nitrogens is 1. The zero-order valence-electron chi connectivity index (χ0n) is 16.6. The van der Waals surface area contributed by atoms with Crippen LogP contribution in [0.5, 0.6) is 0 Å². The van der Waals surface area contributed by atoms with Gasteiger partial charge in [-0.3, -0.25) is 15.1 Å². The quantitative estimate of drug-likeness (QED) is 0.549. The molecule has 0 bridgehead atoms. The summed E-state index contributed by atoms with van der Waals surface area (Å²) in [5, 5.41) is 10.6. The van der Waals surface area contributed by atoms with Gasteiger partial charge in [-0.1, -0.05) is 6.07 Å². The number of aryl methyl sites for hydroxylation is 1. The average Bonchev–Trinajstić information content (AvgIpc) is 3.19. The first-order chi connectivity index (χ1) is 14.2. The molecule has 0 spiro atoms. The molecule has 1 saturated heterocycles. The van der Waals surface area contributed by atoms with Crippen molar-refractivity contribution in [3.63, 3.8) is 0 Å². The van der Waals surface area contributed by atoms with E-state index in [4.69, 9.17) is 4.98 Å². The number of hydrogen-bond donors (Lipinski definition) is 2. The lowest BCUT2D eigenvalue weighted by atomic mass is 10.0. The van der Waals surface area contributed by atoms with Gasteiger partial charge in [0, 0.05) is 43.9 Å². The third-order valence-electron chi connectivity index (χ3n) is 5.42. The molecule has 29 heavy (non-hydrogen) atoms. The molecule has 0 radical (unpaired) electrons. The first kappa shape index (κ1) is 17.8. The summed E-state index contributed by atoms with van der Waals surface area (Å²) in [7, 11) is 2.11. The molecule has 2 N–H and O–H groups in total. The number of nitrogens with zero attached hydrogens (tertiary/aromatic N) is 5. The van der Waals surface area contributed by atoms with Gasteiger partial charge in [-0.05, 0) is 37.3 Å². The van der Waals surface area contributed by atoms with Crippen molar-refractivity contribution in [3.05, 3.63) is 54.5 Å². The van der Waals surface area contributed by atoms with E-state index in [1.807, 2.05) is 43.5 Å². The van der Waals surface area contributed by atoms with Crippen molar-refractivity contribution in [2.24, 2.45) is 5.92 Å². The zero-order valence-corrected chi connectivity index (χ0v) is 16.6. The Morgan fingerprint density at radius 3 is 2.72 bits per heavy atom. The summed E-state index contributed by atoms with van der Waals surface area (Å²) >= 11 is 0. The van der Waals surface area contributed by atoms with E-state index >= 15 is 0 Å². The van der Waals surface area contributed by atoms with Crippen LogP contribution in [0.15, 0.2) is 48.8 Å². The van der Waals surface area contributed by atoms with Gasteiger partial charge >= 0.3 is 0 Å². The van der Waals surface area contributed by atoms with Crippen LogP contribution in [0.3, 0.4) is 0 Å². The molecule has 0 aliphatic carbocycles. The maximum absolute atomic E-state index is 4.89. The van der Waals surface area contributed by atoms with Gasteiger partial charge in [0.2, 0.25) is 0 Å². The Hall–Kier alpha value is -3.32. The normalized spacial score (nSPS) is 14.1. The highest BCUT2D eigenvalue weighted by molar-refractivity contribution is 5.84. The van der Waals surface area contributed by atoms with Gasteiger partial charge in [-0.15, -0.1) is 0 Å². The average molecular weight is 385 g/mol. The van der Waals surface area contributed by atoms with Gasteiger partial charge < -0.3 is 10.2 Å². The molecule has 0 atom stereocenters. The molecule has 7 nitrogen and oxygen atoms in total. The van der Waals surface area contributed by atoms with Gasteiger partial charge in [-0.2, -0.15) is 5.10 Å². The number of rotatable bonds is 5. The van der Waals surface area contributed by atoms with Gasteiger partial charge in [0.05, 0.1) is 46.2 Å². The molecule has 5 rings (SSSR count). The Bertz CT molecular complexity index is 1160. The summed E-state index contributed by atoms with van der Waals surface area (Å²) in [6.45, 7) is 5.18. The lowest BCUT2D eigenvalue weighted by Crippen LogP contribution is -2.47. The van der Waals surface area contributed by atoms with Crippen LogP contribution in [0.4, 0.5) is 5.69 Å². The highest BCUT2D eigenvalue weighted by Gasteiger charge is 2.19. The summed E-state index contributed by atoms with van der Waals surface area (Å²) in [5.74, 6) is 0.699. The molecule has 4 aromatic rings. The minimum atomic E-state index is 0.699. The lowest BCUT2D eigenvalue weighted by molar-refractivity contribution is 0.353. The van der Waals surface area contributed by atoms with Crippen LogP contribution in [0, 0.1) is 12.8 Å². The van der Waals surface area contributed by atoms with Crippen LogP contribution in [0.1, 0.15) is 5.69 Å². The summed E-state index contributed by atoms with van der Waals surface area (Å²) in [4.78, 5) is 16.4. The highest BCUT2D eigenvalue weighted by Crippen LogP contribution is 2.29. The Balaban J connectivity index is 1.51. The minimum absolute atomic E-state index is 0.699. The summed E-state index contributed by atoms with van der Waals surface area (Å²) < 4.78 is 0. The van der Waals surface area contributed by atoms with Crippen LogP contribution in [0.25, 0.3) is 33.7 Å². The molecular formula is C22H23N7. The molecule has 0 amide bonds. The highest BCUT2D eigenvalue weighted by atomic mass is 15.1. The van der Waals surface area contributed by atoms with Crippen molar-refractivity contribution in [1.82, 2.24) is 30.5 Å². The Kier molecular flexibility index (Phi) is 4.44. The third kappa shape index (κ3) is 3.45. The maximum Gasteiger partial charge on any atom is 0.0928 e. The van der Waals surface area contributed by atoms with Crippen molar-refractivity contribution < 1.29 is 0 Å². The van der Waals surface area contributed by atoms with Crippen LogP contribution >= 0.6 is 0 Å². The molecular weight excluding hydrogens is 362 g/mol. The molecule has 1 aliphatic rings. The molecule has 0 saturated carbocycles. The largest absolute Gasteiger partial charge is 0.373 e. The van der Waals surface area contributed by atoms with E-state index in [1.54, 1.807) is 6.20 Å². The number of aromatic nitrogens is 5. The Morgan fingerprint density at radius 1 is 1.03 bits per heavy atom. The van der Waals surface area contributed by atoms with Crippen molar-refractivity contribution in [2.75, 3.05) is 31.6 Å². The van der Waals surface area contributed by atoms with E-state index in [1.165, 1.54) is 0 Å². The van der Waals surface area contributed by atoms with Gasteiger partial charge in [0.1, 0.15) is 0 Å². The van der Waals surface area contributed by atoms with Crippen LogP contribution < -0.4 is 10.2 Å². The van der Waals surface area contributed by atoms with Crippen LogP contribution in [0.2, 0.25) is 0 Å². The number of anilines is 1. The fourth-order valence-corrected chi connectivity index (χ4v) is 3.68. The van der Waals surface area contributed by atoms with E-state index in [2.05, 4.69) is 43.5 Å².